The van der Waals surface area contributed by atoms with Gasteiger partial charge in [0.25, 0.3) is 0 Å². The summed E-state index contributed by atoms with van der Waals surface area (Å²) in [4.78, 5) is 11.5. The fourth-order valence-corrected chi connectivity index (χ4v) is 2.24. The van der Waals surface area contributed by atoms with E-state index in [1.54, 1.807) is 0 Å². The highest BCUT2D eigenvalue weighted by molar-refractivity contribution is 7.98. The minimum atomic E-state index is 0.594. The van der Waals surface area contributed by atoms with Gasteiger partial charge in [-0.25, -0.2) is 9.97 Å². The molecule has 5 heteroatoms. The Morgan fingerprint density at radius 2 is 2.22 bits per heavy atom. The molecule has 0 spiro atoms. The van der Waals surface area contributed by atoms with E-state index in [-0.39, 0.29) is 0 Å². The van der Waals surface area contributed by atoms with Crippen molar-refractivity contribution in [3.8, 4) is 0 Å². The molecule has 0 bridgehead atoms. The second-order valence-corrected chi connectivity index (χ2v) is 5.67. The number of nitrogens with zero attached hydrogens (tertiary/aromatic N) is 3. The number of anilines is 2. The summed E-state index contributed by atoms with van der Waals surface area (Å²) in [7, 11) is 2.10. The molecule has 0 aromatic carbocycles. The molecular formula is C13H22N4S. The van der Waals surface area contributed by atoms with Crippen molar-refractivity contribution in [2.45, 2.75) is 25.7 Å². The van der Waals surface area contributed by atoms with Crippen LogP contribution in [0.4, 0.5) is 11.6 Å². The van der Waals surface area contributed by atoms with Gasteiger partial charge in [0.05, 0.1) is 0 Å². The van der Waals surface area contributed by atoms with Gasteiger partial charge in [0.1, 0.15) is 17.5 Å². The summed E-state index contributed by atoms with van der Waals surface area (Å²) in [5.74, 6) is 4.73. The molecule has 100 valence electrons. The average Bonchev–Trinajstić information content (AvgIpc) is 3.20. The third kappa shape index (κ3) is 3.51. The molecule has 0 aliphatic heterocycles. The van der Waals surface area contributed by atoms with Crippen LogP contribution in [0.25, 0.3) is 0 Å². The maximum absolute atomic E-state index is 4.70. The van der Waals surface area contributed by atoms with Gasteiger partial charge >= 0.3 is 0 Å². The second-order valence-electron chi connectivity index (χ2n) is 4.69. The van der Waals surface area contributed by atoms with E-state index in [0.29, 0.717) is 5.92 Å². The largest absolute Gasteiger partial charge is 0.370 e. The monoisotopic (exact) mass is 266 g/mol. The van der Waals surface area contributed by atoms with Crippen molar-refractivity contribution in [1.29, 1.82) is 0 Å². The first kappa shape index (κ1) is 13.5. The minimum Gasteiger partial charge on any atom is -0.370 e. The molecular weight excluding hydrogens is 244 g/mol. The molecule has 1 aromatic heterocycles. The molecule has 1 aliphatic rings. The standard InChI is InChI=1S/C13H22N4S/c1-4-14-11-9-12(17(2)7-8-18-3)16-13(15-11)10-5-6-10/h9-10H,4-8H2,1-3H3,(H,14,15,16). The quantitative estimate of drug-likeness (QED) is 0.821. The molecule has 2 rings (SSSR count). The van der Waals surface area contributed by atoms with Crippen molar-refractivity contribution < 1.29 is 0 Å². The molecule has 1 saturated carbocycles. The fraction of sp³-hybridized carbons (Fsp3) is 0.692. The Morgan fingerprint density at radius 3 is 2.83 bits per heavy atom. The molecule has 0 saturated heterocycles. The van der Waals surface area contributed by atoms with Crippen molar-refractivity contribution in [2.75, 3.05) is 42.4 Å². The predicted molar refractivity (Wildman–Crippen MR) is 79.8 cm³/mol. The van der Waals surface area contributed by atoms with Gasteiger partial charge in [-0.1, -0.05) is 0 Å². The van der Waals surface area contributed by atoms with E-state index in [2.05, 4.69) is 41.5 Å². The topological polar surface area (TPSA) is 41.0 Å². The van der Waals surface area contributed by atoms with Crippen LogP contribution in [0.2, 0.25) is 0 Å². The summed E-state index contributed by atoms with van der Waals surface area (Å²) in [5.41, 5.74) is 0. The van der Waals surface area contributed by atoms with Crippen LogP contribution in [-0.4, -0.2) is 42.1 Å². The summed E-state index contributed by atoms with van der Waals surface area (Å²) in [5, 5.41) is 3.30. The lowest BCUT2D eigenvalue weighted by molar-refractivity contribution is 0.876. The lowest BCUT2D eigenvalue weighted by Gasteiger charge is -2.19. The molecule has 4 nitrogen and oxygen atoms in total. The molecule has 1 fully saturated rings. The predicted octanol–water partition coefficient (Wildman–Crippen LogP) is 2.59. The first-order valence-electron chi connectivity index (χ1n) is 6.57. The van der Waals surface area contributed by atoms with Crippen molar-refractivity contribution >= 4 is 23.4 Å². The Bertz CT molecular complexity index is 393. The van der Waals surface area contributed by atoms with Gasteiger partial charge in [0.2, 0.25) is 0 Å². The normalized spacial score (nSPS) is 14.6. The van der Waals surface area contributed by atoms with E-state index < -0.39 is 0 Å². The van der Waals surface area contributed by atoms with Crippen molar-refractivity contribution in [3.63, 3.8) is 0 Å². The number of thioether (sulfide) groups is 1. The van der Waals surface area contributed by atoms with Crippen LogP contribution in [0.3, 0.4) is 0 Å². The third-order valence-corrected chi connectivity index (χ3v) is 3.64. The molecule has 18 heavy (non-hydrogen) atoms. The molecule has 0 unspecified atom stereocenters. The highest BCUT2D eigenvalue weighted by Crippen LogP contribution is 2.39. The van der Waals surface area contributed by atoms with Gasteiger partial charge < -0.3 is 10.2 Å². The Labute approximate surface area is 114 Å². The van der Waals surface area contributed by atoms with Crippen LogP contribution >= 0.6 is 11.8 Å². The fourth-order valence-electron chi connectivity index (χ4n) is 1.79. The molecule has 0 atom stereocenters. The lowest BCUT2D eigenvalue weighted by atomic mass is 10.3. The first-order valence-corrected chi connectivity index (χ1v) is 7.97. The molecule has 1 heterocycles. The summed E-state index contributed by atoms with van der Waals surface area (Å²) in [6, 6.07) is 2.05. The van der Waals surface area contributed by atoms with Crippen LogP contribution in [0.1, 0.15) is 31.5 Å². The zero-order chi connectivity index (χ0) is 13.0. The number of nitrogens with one attached hydrogen (secondary N) is 1. The third-order valence-electron chi connectivity index (χ3n) is 3.05. The van der Waals surface area contributed by atoms with Crippen molar-refractivity contribution in [2.24, 2.45) is 0 Å². The second kappa shape index (κ2) is 6.27. The van der Waals surface area contributed by atoms with E-state index in [1.807, 2.05) is 11.8 Å². The van der Waals surface area contributed by atoms with E-state index >= 15 is 0 Å². The molecule has 1 aromatic rings. The van der Waals surface area contributed by atoms with E-state index in [9.17, 15) is 0 Å². The number of aromatic nitrogens is 2. The summed E-state index contributed by atoms with van der Waals surface area (Å²) in [6.07, 6.45) is 4.61. The zero-order valence-corrected chi connectivity index (χ0v) is 12.3. The van der Waals surface area contributed by atoms with Gasteiger partial charge in [0.15, 0.2) is 0 Å². The number of rotatable bonds is 7. The first-order chi connectivity index (χ1) is 8.74. The van der Waals surface area contributed by atoms with Crippen LogP contribution in [-0.2, 0) is 0 Å². The van der Waals surface area contributed by atoms with Crippen LogP contribution in [0.15, 0.2) is 6.07 Å². The number of hydrogen-bond acceptors (Lipinski definition) is 5. The van der Waals surface area contributed by atoms with Crippen LogP contribution < -0.4 is 10.2 Å². The van der Waals surface area contributed by atoms with E-state index in [1.165, 1.54) is 12.8 Å². The Balaban J connectivity index is 2.16. The van der Waals surface area contributed by atoms with E-state index in [0.717, 1.165) is 36.3 Å². The summed E-state index contributed by atoms with van der Waals surface area (Å²) < 4.78 is 0. The Hall–Kier alpha value is -0.970. The highest BCUT2D eigenvalue weighted by atomic mass is 32.2. The molecule has 0 amide bonds. The van der Waals surface area contributed by atoms with E-state index in [4.69, 9.17) is 4.98 Å². The Morgan fingerprint density at radius 1 is 1.44 bits per heavy atom. The van der Waals surface area contributed by atoms with Gasteiger partial charge in [-0.15, -0.1) is 0 Å². The van der Waals surface area contributed by atoms with Gasteiger partial charge in [0, 0.05) is 37.9 Å². The summed E-state index contributed by atoms with van der Waals surface area (Å²) >= 11 is 1.86. The lowest BCUT2D eigenvalue weighted by Crippen LogP contribution is -2.22. The van der Waals surface area contributed by atoms with Crippen molar-refractivity contribution in [1.82, 2.24) is 9.97 Å². The smallest absolute Gasteiger partial charge is 0.136 e. The maximum atomic E-state index is 4.70. The maximum Gasteiger partial charge on any atom is 0.136 e. The van der Waals surface area contributed by atoms with Gasteiger partial charge in [-0.2, -0.15) is 11.8 Å². The highest BCUT2D eigenvalue weighted by Gasteiger charge is 2.27. The molecule has 1 N–H and O–H groups in total. The zero-order valence-electron chi connectivity index (χ0n) is 11.4. The molecule has 1 aliphatic carbocycles. The van der Waals surface area contributed by atoms with Gasteiger partial charge in [-0.05, 0) is 26.0 Å². The van der Waals surface area contributed by atoms with Crippen LogP contribution in [0.5, 0.6) is 0 Å². The Kier molecular flexibility index (Phi) is 4.69. The SMILES string of the molecule is CCNc1cc(N(C)CCSC)nc(C2CC2)n1. The average molecular weight is 266 g/mol. The van der Waals surface area contributed by atoms with Gasteiger partial charge in [-0.3, -0.25) is 0 Å². The van der Waals surface area contributed by atoms with Crippen LogP contribution in [0, 0.1) is 0 Å². The number of hydrogen-bond donors (Lipinski definition) is 1. The minimum absolute atomic E-state index is 0.594. The summed E-state index contributed by atoms with van der Waals surface area (Å²) in [6.45, 7) is 4.01. The molecule has 0 radical (unpaired) electrons. The van der Waals surface area contributed by atoms with Crippen molar-refractivity contribution in [3.05, 3.63) is 11.9 Å².